The summed E-state index contributed by atoms with van der Waals surface area (Å²) in [4.78, 5) is 223. The van der Waals surface area contributed by atoms with E-state index in [9.17, 15) is 96.5 Å². The van der Waals surface area contributed by atoms with Crippen molar-refractivity contribution in [2.24, 2.45) is 0 Å². The highest BCUT2D eigenvalue weighted by Crippen LogP contribution is 2.42. The Balaban J connectivity index is 0.000000671. The van der Waals surface area contributed by atoms with E-state index >= 15 is 0 Å². The van der Waals surface area contributed by atoms with E-state index in [1.54, 1.807) is 16.5 Å². The Hall–Kier alpha value is -10.8. The first kappa shape index (κ1) is 97.6. The van der Waals surface area contributed by atoms with Crippen molar-refractivity contribution in [1.82, 2.24) is 85.9 Å². The monoisotopic (exact) mass is 1790 g/mol. The van der Waals surface area contributed by atoms with Crippen molar-refractivity contribution in [1.29, 1.82) is 9.56 Å². The lowest BCUT2D eigenvalue weighted by Crippen LogP contribution is -2.50. The molecule has 0 aliphatic carbocycles. The van der Waals surface area contributed by atoms with Crippen LogP contribution < -0.4 is 76.3 Å². The number of aliphatic hydroxyl groups excluding tert-OH is 5. The predicted molar refractivity (Wildman–Crippen MR) is 422 cm³/mol. The molecule has 4 fully saturated rings. The number of H-pyrrole nitrogens is 3. The summed E-state index contributed by atoms with van der Waals surface area (Å²) in [5, 5.41) is 64.0. The van der Waals surface area contributed by atoms with E-state index in [-0.39, 0.29) is 176 Å². The first-order valence-electron chi connectivity index (χ1n) is 40.9. The highest BCUT2D eigenvalue weighted by Gasteiger charge is 2.53. The SMILES string of the molecule is [2H]C.[2H]C.[2H]C.[3H]OC[C@H]1O[C@@H](n2ccc(=O)[nH]c2=O)[C@@H](N2C(=O)CCC2=O)C1O.[3H]OC[C@H]1O[C@@H](n2ccc(=O)[nH]c2=O)[C@H](NCOCCC(=O)NCCN(CCNC(=O)C(=O)OC)CCNC(=O)C(=O)OC)C1O.[3H]OC[C@H]1O[C@@H](n2ccc(=O)[nH]c2=O)[C@H](NCOCCC(=O)NCCN(CCNC(=O)C(=O)OC)CCNC(=O)C(=O)OC)C1OP(C)OCCC#N. The number of amides is 8. The second-order valence-corrected chi connectivity index (χ2v) is 26.9. The van der Waals surface area contributed by atoms with Gasteiger partial charge < -0.3 is 109 Å². The average Bonchev–Trinajstić information content (AvgIpc) is 1.61. The van der Waals surface area contributed by atoms with Crippen LogP contribution in [0.15, 0.2) is 65.6 Å². The number of hydrogen-bond acceptors (Lipinski definition) is 39. The third-order valence-electron chi connectivity index (χ3n) is 17.7. The largest absolute Gasteiger partial charge is 0.462 e. The van der Waals surface area contributed by atoms with E-state index in [1.165, 1.54) is 34.6 Å². The molecular weight excluding hydrogens is 1670 g/mol. The molecule has 0 bridgehead atoms. The first-order valence-corrected chi connectivity index (χ1v) is 38.3. The molecule has 4 aliphatic rings. The van der Waals surface area contributed by atoms with Crippen LogP contribution in [-0.2, 0) is 109 Å². The van der Waals surface area contributed by atoms with Crippen LogP contribution in [0.1, 0.15) is 77.1 Å². The topological polar surface area (TPSA) is 702 Å². The van der Waals surface area contributed by atoms with E-state index in [0.29, 0.717) is 0 Å². The summed E-state index contributed by atoms with van der Waals surface area (Å²) in [6.45, 7) is 2.66. The van der Waals surface area contributed by atoms with E-state index < -0.39 is 175 Å². The van der Waals surface area contributed by atoms with Crippen LogP contribution in [0.3, 0.4) is 0 Å². The fourth-order valence-corrected chi connectivity index (χ4v) is 12.7. The molecule has 3 aromatic rings. The zero-order valence-electron chi connectivity index (χ0n) is 74.6. The van der Waals surface area contributed by atoms with Crippen molar-refractivity contribution < 1.29 is 139 Å². The summed E-state index contributed by atoms with van der Waals surface area (Å²) in [6, 6.07) is 2.47. The predicted octanol–water partition coefficient (Wildman–Crippen LogP) is -10.7. The van der Waals surface area contributed by atoms with Gasteiger partial charge in [0.15, 0.2) is 27.1 Å². The van der Waals surface area contributed by atoms with Gasteiger partial charge in [0.2, 0.25) is 27.9 Å². The molecule has 53 heteroatoms. The van der Waals surface area contributed by atoms with Crippen LogP contribution in [0.4, 0.5) is 0 Å². The van der Waals surface area contributed by atoms with Crippen LogP contribution >= 0.6 is 8.38 Å². The van der Waals surface area contributed by atoms with Gasteiger partial charge >= 0.3 is 64.6 Å². The van der Waals surface area contributed by atoms with Crippen LogP contribution in [0.5, 0.6) is 0 Å². The third kappa shape index (κ3) is 34.4. The molecule has 52 nitrogen and oxygen atoms in total. The Morgan fingerprint density at radius 2 is 0.870 bits per heavy atom. The maximum absolute atomic E-state index is 12.6. The molecule has 690 valence electrons. The van der Waals surface area contributed by atoms with Crippen LogP contribution in [-0.4, -0.2) is 366 Å². The molecule has 4 unspecified atom stereocenters. The molecule has 0 spiro atoms. The number of ether oxygens (including phenoxy) is 9. The van der Waals surface area contributed by atoms with Gasteiger partial charge in [-0.1, -0.05) is 22.2 Å². The number of hydrogen-bond donors (Lipinski definition) is 16. The number of aliphatic hydroxyl groups is 5. The van der Waals surface area contributed by atoms with Gasteiger partial charge in [0, 0.05) is 139 Å². The van der Waals surface area contributed by atoms with Crippen molar-refractivity contribution >= 4 is 79.5 Å². The lowest BCUT2D eigenvalue weighted by molar-refractivity contribution is -0.152. The number of aromatic amines is 3. The number of nitrogens with zero attached hydrogens (tertiary/aromatic N) is 7. The number of imide groups is 1. The molecular formula is C70H111N18O34P. The average molecular weight is 1790 g/mol. The van der Waals surface area contributed by atoms with Gasteiger partial charge in [-0.15, -0.1) is 0 Å². The molecule has 8 amide bonds. The van der Waals surface area contributed by atoms with Crippen molar-refractivity contribution in [2.45, 2.75) is 128 Å². The molecule has 7 heterocycles. The number of nitriles is 1. The van der Waals surface area contributed by atoms with Gasteiger partial charge in [-0.05, 0) is 0 Å². The maximum Gasteiger partial charge on any atom is 0.396 e. The number of carbonyl (C=O) groups is 12. The van der Waals surface area contributed by atoms with Gasteiger partial charge in [-0.25, -0.2) is 33.6 Å². The molecule has 3 aromatic heterocycles. The van der Waals surface area contributed by atoms with Crippen molar-refractivity contribution in [3.05, 3.63) is 99.3 Å². The summed E-state index contributed by atoms with van der Waals surface area (Å²) in [5.41, 5.74) is -4.17. The number of likely N-dealkylation sites (tertiary alicyclic amines) is 1. The zero-order valence-corrected chi connectivity index (χ0v) is 69.5. The quantitative estimate of drug-likeness (QED) is 0.00475. The number of nitrogens with one attached hydrogen (secondary N) is 11. The maximum atomic E-state index is 12.6. The molecule has 7 rings (SSSR count). The molecule has 0 aromatic carbocycles. The van der Waals surface area contributed by atoms with Gasteiger partial charge in [-0.3, -0.25) is 107 Å². The molecule has 0 radical (unpaired) electrons. The van der Waals surface area contributed by atoms with Gasteiger partial charge in [0.05, 0.1) is 119 Å². The number of rotatable bonds is 45. The molecule has 123 heavy (non-hydrogen) atoms. The van der Waals surface area contributed by atoms with Gasteiger partial charge in [0.25, 0.3) is 16.7 Å². The Morgan fingerprint density at radius 1 is 0.528 bits per heavy atom. The second kappa shape index (κ2) is 56.8. The second-order valence-electron chi connectivity index (χ2n) is 25.6. The smallest absolute Gasteiger partial charge is 0.396 e. The number of aromatic nitrogens is 6. The number of methoxy groups -OCH3 is 4. The molecule has 4 aliphatic heterocycles. The summed E-state index contributed by atoms with van der Waals surface area (Å²) < 4.78 is 98.9. The van der Waals surface area contributed by atoms with E-state index in [2.05, 4.69) is 86.8 Å². The molecule has 16 N–H and O–H groups in total. The standard InChI is InChI=1S/C29H45N8O14P.C25H39N7O13.C13H15N3O7.3CH4/c1-46-27(43)24(41)32-9-13-36(14-10-33-25(42)28(44)47-2)12-8-31-20(39)6-16-48-18-34-22-23(51-52(3)49-15-4-7-30)19(17-38)50-26(22)37-11-5-21(40)35-29(37)45;1-42-23(39)20(37)27-6-10-31(11-7-28-21(38)24(40)43-2)9-5-26-16(34)4-12-44-14-29-18-19(36)15(13-33)45-22(18)32-8-3-17(35)30-25(32)41;17-5-6-11(21)10(16-8(19)1-2-9(16)20)12(23-6)15-4-3-7(18)14-13(15)22;;;/h5,11,19,22-23,26,34,38H,4,6,8-10,12-18H2,1-3H3,(H,31,39)(H,32,41)(H,33,42)(H,35,40,45);3,8,15,18-19,22,29,33,36H,4-7,9-14H2,1-2H3,(H,26,34)(H,27,37)(H,28,38)(H,30,35,41);3-4,6,10-12,17,21H,1-2,5H2,(H,14,18,22);3*1H4/t19-,22-,23?,26-,52?;15-,18-,19?,22-;6-,10+,11?,12-;;;/m111.../s1/i38T;33T;17T;3*1D. The van der Waals surface area contributed by atoms with E-state index in [0.717, 1.165) is 71.4 Å². The Morgan fingerprint density at radius 3 is 1.24 bits per heavy atom. The lowest BCUT2D eigenvalue weighted by Gasteiger charge is -2.29. The minimum Gasteiger partial charge on any atom is -0.462 e. The van der Waals surface area contributed by atoms with Crippen molar-refractivity contribution in [3.8, 4) is 6.07 Å². The van der Waals surface area contributed by atoms with E-state index in [4.69, 9.17) is 46.4 Å². The minimum absolute atomic E-state index is 0.00884. The molecule has 13 atom stereocenters. The number of esters is 4. The molecule has 0 saturated carbocycles. The Kier molecular flexibility index (Phi) is 45.0. The van der Waals surface area contributed by atoms with Crippen molar-refractivity contribution in [2.75, 3.05) is 167 Å². The van der Waals surface area contributed by atoms with Gasteiger partial charge in [0.1, 0.15) is 42.7 Å². The minimum atomic E-state index is -1.53. The van der Waals surface area contributed by atoms with Crippen LogP contribution in [0, 0.1) is 11.3 Å². The highest BCUT2D eigenvalue weighted by atomic mass is 31.2. The Bertz CT molecular complexity index is 4360. The zero-order chi connectivity index (χ0) is 96.7. The summed E-state index contributed by atoms with van der Waals surface area (Å²) in [7, 11) is 6.49. The lowest BCUT2D eigenvalue weighted by atomic mass is 10.1. The summed E-state index contributed by atoms with van der Waals surface area (Å²) >= 11 is 0. The summed E-state index contributed by atoms with van der Waals surface area (Å²) in [6.07, 6.45) is -5.79. The molecule has 4 saturated heterocycles. The first-order chi connectivity index (χ1) is 61.9. The third-order valence-corrected chi connectivity index (χ3v) is 18.8. The van der Waals surface area contributed by atoms with Crippen LogP contribution in [0.25, 0.3) is 0 Å². The summed E-state index contributed by atoms with van der Waals surface area (Å²) in [5.74, 6) is -9.63. The highest BCUT2D eigenvalue weighted by molar-refractivity contribution is 7.46. The fourth-order valence-electron chi connectivity index (χ4n) is 11.7. The fraction of sp³-hybridized carbons (Fsp3) is 0.643. The number of carbonyl (C=O) groups excluding carboxylic acids is 12. The van der Waals surface area contributed by atoms with E-state index in [1.807, 2.05) is 11.1 Å². The van der Waals surface area contributed by atoms with Gasteiger partial charge in [-0.2, -0.15) is 5.26 Å². The van der Waals surface area contributed by atoms with Crippen LogP contribution in [0.2, 0.25) is 0 Å². The van der Waals surface area contributed by atoms with Crippen molar-refractivity contribution in [3.63, 3.8) is 0 Å². The Labute approximate surface area is 711 Å². The normalized spacial score (nSPS) is 21.2.